The van der Waals surface area contributed by atoms with Crippen LogP contribution < -0.4 is 22.1 Å². The summed E-state index contributed by atoms with van der Waals surface area (Å²) in [5, 5.41) is 5.00. The van der Waals surface area contributed by atoms with E-state index in [1.807, 2.05) is 0 Å². The largest absolute Gasteiger partial charge is 0.368 e. The van der Waals surface area contributed by atoms with E-state index in [2.05, 4.69) is 10.6 Å². The van der Waals surface area contributed by atoms with Crippen LogP contribution in [0.2, 0.25) is 0 Å². The Labute approximate surface area is 129 Å². The molecule has 0 aliphatic carbocycles. The Morgan fingerprint density at radius 2 is 1.77 bits per heavy atom. The smallest absolute Gasteiger partial charge is 0.251 e. The Bertz CT molecular complexity index is 505. The number of primary amides is 1. The van der Waals surface area contributed by atoms with Crippen LogP contribution in [0.4, 0.5) is 0 Å². The molecular formula is C15H22N4O3. The van der Waals surface area contributed by atoms with Gasteiger partial charge in [-0.25, -0.2) is 0 Å². The number of hydrogen-bond donors (Lipinski definition) is 4. The normalized spacial score (nSPS) is 11.5. The van der Waals surface area contributed by atoms with Crippen molar-refractivity contribution in [1.29, 1.82) is 0 Å². The highest BCUT2D eigenvalue weighted by Gasteiger charge is 2.17. The Hall–Kier alpha value is -2.41. The fourth-order valence-corrected chi connectivity index (χ4v) is 1.88. The van der Waals surface area contributed by atoms with Gasteiger partial charge in [0, 0.05) is 5.56 Å². The highest BCUT2D eigenvalue weighted by atomic mass is 16.2. The molecule has 0 spiro atoms. The minimum Gasteiger partial charge on any atom is -0.368 e. The van der Waals surface area contributed by atoms with Crippen molar-refractivity contribution in [3.63, 3.8) is 0 Å². The van der Waals surface area contributed by atoms with Crippen molar-refractivity contribution >= 4 is 17.7 Å². The van der Waals surface area contributed by atoms with Crippen LogP contribution in [0.1, 0.15) is 29.6 Å². The SMILES string of the molecule is NCCCC[C@H](NC(=O)CNC(=O)c1ccccc1)C(N)=O. The van der Waals surface area contributed by atoms with Crippen LogP contribution in [0.5, 0.6) is 0 Å². The molecule has 6 N–H and O–H groups in total. The molecule has 0 saturated carbocycles. The molecule has 0 unspecified atom stereocenters. The Morgan fingerprint density at radius 1 is 1.09 bits per heavy atom. The molecule has 1 rings (SSSR count). The zero-order valence-corrected chi connectivity index (χ0v) is 12.4. The fraction of sp³-hybridized carbons (Fsp3) is 0.400. The number of benzene rings is 1. The summed E-state index contributed by atoms with van der Waals surface area (Å²) in [7, 11) is 0. The molecule has 0 radical (unpaired) electrons. The first kappa shape index (κ1) is 17.6. The highest BCUT2D eigenvalue weighted by molar-refractivity contribution is 5.97. The molecule has 0 aliphatic rings. The van der Waals surface area contributed by atoms with Crippen molar-refractivity contribution in [2.75, 3.05) is 13.1 Å². The third-order valence-electron chi connectivity index (χ3n) is 3.07. The predicted octanol–water partition coefficient (Wildman–Crippen LogP) is -0.484. The average molecular weight is 306 g/mol. The number of rotatable bonds is 9. The number of carbonyl (C=O) groups is 3. The van der Waals surface area contributed by atoms with Gasteiger partial charge in [0.2, 0.25) is 11.8 Å². The zero-order chi connectivity index (χ0) is 16.4. The van der Waals surface area contributed by atoms with Crippen molar-refractivity contribution in [2.45, 2.75) is 25.3 Å². The van der Waals surface area contributed by atoms with E-state index >= 15 is 0 Å². The van der Waals surface area contributed by atoms with Crippen LogP contribution in [0.25, 0.3) is 0 Å². The molecule has 0 heterocycles. The van der Waals surface area contributed by atoms with Crippen molar-refractivity contribution < 1.29 is 14.4 Å². The van der Waals surface area contributed by atoms with E-state index in [0.29, 0.717) is 24.9 Å². The topological polar surface area (TPSA) is 127 Å². The summed E-state index contributed by atoms with van der Waals surface area (Å²) in [6.45, 7) is 0.307. The summed E-state index contributed by atoms with van der Waals surface area (Å²) in [6.07, 6.45) is 1.88. The molecule has 0 saturated heterocycles. The van der Waals surface area contributed by atoms with Gasteiger partial charge < -0.3 is 22.1 Å². The van der Waals surface area contributed by atoms with Crippen molar-refractivity contribution in [2.24, 2.45) is 11.5 Å². The minimum absolute atomic E-state index is 0.214. The Morgan fingerprint density at radius 3 is 2.36 bits per heavy atom. The van der Waals surface area contributed by atoms with Gasteiger partial charge in [-0.05, 0) is 37.9 Å². The van der Waals surface area contributed by atoms with Gasteiger partial charge in [-0.1, -0.05) is 18.2 Å². The number of carbonyl (C=O) groups excluding carboxylic acids is 3. The number of nitrogens with two attached hydrogens (primary N) is 2. The Balaban J connectivity index is 2.40. The lowest BCUT2D eigenvalue weighted by Gasteiger charge is -2.15. The molecule has 7 nitrogen and oxygen atoms in total. The van der Waals surface area contributed by atoms with Gasteiger partial charge in [-0.2, -0.15) is 0 Å². The molecule has 0 aliphatic heterocycles. The van der Waals surface area contributed by atoms with Crippen LogP contribution in [-0.2, 0) is 9.59 Å². The standard InChI is InChI=1S/C15H22N4O3/c16-9-5-4-8-12(14(17)21)19-13(20)10-18-15(22)11-6-2-1-3-7-11/h1-3,6-7,12H,4-5,8-10,16H2,(H2,17,21)(H,18,22)(H,19,20)/t12-/m0/s1. The van der Waals surface area contributed by atoms with E-state index in [1.165, 1.54) is 0 Å². The molecule has 1 aromatic carbocycles. The maximum atomic E-state index is 11.8. The lowest BCUT2D eigenvalue weighted by atomic mass is 10.1. The number of hydrogen-bond acceptors (Lipinski definition) is 4. The van der Waals surface area contributed by atoms with E-state index in [9.17, 15) is 14.4 Å². The summed E-state index contributed by atoms with van der Waals surface area (Å²) < 4.78 is 0. The second kappa shape index (κ2) is 9.51. The molecule has 0 bridgehead atoms. The summed E-state index contributed by atoms with van der Waals surface area (Å²) in [5.74, 6) is -1.41. The predicted molar refractivity (Wildman–Crippen MR) is 82.8 cm³/mol. The first-order valence-corrected chi connectivity index (χ1v) is 7.16. The molecule has 0 fully saturated rings. The van der Waals surface area contributed by atoms with Crippen LogP contribution in [-0.4, -0.2) is 36.9 Å². The van der Waals surface area contributed by atoms with E-state index in [1.54, 1.807) is 30.3 Å². The van der Waals surface area contributed by atoms with Gasteiger partial charge in [0.1, 0.15) is 6.04 Å². The lowest BCUT2D eigenvalue weighted by Crippen LogP contribution is -2.47. The second-order valence-electron chi connectivity index (χ2n) is 4.86. The molecule has 1 atom stereocenters. The molecule has 0 aromatic heterocycles. The third-order valence-corrected chi connectivity index (χ3v) is 3.07. The van der Waals surface area contributed by atoms with E-state index in [4.69, 9.17) is 11.5 Å². The summed E-state index contributed by atoms with van der Waals surface area (Å²) in [6, 6.07) is 7.80. The lowest BCUT2D eigenvalue weighted by molar-refractivity contribution is -0.126. The van der Waals surface area contributed by atoms with Crippen molar-refractivity contribution in [1.82, 2.24) is 10.6 Å². The first-order chi connectivity index (χ1) is 10.5. The zero-order valence-electron chi connectivity index (χ0n) is 12.4. The molecule has 7 heteroatoms. The third kappa shape index (κ3) is 6.36. The van der Waals surface area contributed by atoms with Gasteiger partial charge in [0.25, 0.3) is 5.91 Å². The van der Waals surface area contributed by atoms with E-state index in [0.717, 1.165) is 6.42 Å². The molecule has 120 valence electrons. The quantitative estimate of drug-likeness (QED) is 0.459. The van der Waals surface area contributed by atoms with Crippen LogP contribution >= 0.6 is 0 Å². The number of nitrogens with one attached hydrogen (secondary N) is 2. The Kier molecular flexibility index (Phi) is 7.63. The van der Waals surface area contributed by atoms with Gasteiger partial charge in [0.05, 0.1) is 6.54 Å². The van der Waals surface area contributed by atoms with Crippen molar-refractivity contribution in [3.8, 4) is 0 Å². The van der Waals surface area contributed by atoms with Gasteiger partial charge in [0.15, 0.2) is 0 Å². The van der Waals surface area contributed by atoms with Crippen LogP contribution in [0.15, 0.2) is 30.3 Å². The first-order valence-electron chi connectivity index (χ1n) is 7.16. The summed E-state index contributed by atoms with van der Waals surface area (Å²) in [5.41, 5.74) is 11.1. The number of amides is 3. The maximum Gasteiger partial charge on any atom is 0.251 e. The average Bonchev–Trinajstić information content (AvgIpc) is 2.52. The highest BCUT2D eigenvalue weighted by Crippen LogP contribution is 2.00. The molecule has 1 aromatic rings. The summed E-state index contributed by atoms with van der Waals surface area (Å²) >= 11 is 0. The van der Waals surface area contributed by atoms with Gasteiger partial charge >= 0.3 is 0 Å². The van der Waals surface area contributed by atoms with Gasteiger partial charge in [-0.15, -0.1) is 0 Å². The minimum atomic E-state index is -0.743. The number of unbranched alkanes of at least 4 members (excludes halogenated alkanes) is 1. The second-order valence-corrected chi connectivity index (χ2v) is 4.86. The van der Waals surface area contributed by atoms with Gasteiger partial charge in [-0.3, -0.25) is 14.4 Å². The maximum absolute atomic E-state index is 11.8. The van der Waals surface area contributed by atoms with E-state index < -0.39 is 17.9 Å². The van der Waals surface area contributed by atoms with Crippen molar-refractivity contribution in [3.05, 3.63) is 35.9 Å². The summed E-state index contributed by atoms with van der Waals surface area (Å²) in [4.78, 5) is 34.8. The molecule has 3 amide bonds. The van der Waals surface area contributed by atoms with E-state index in [-0.39, 0.29) is 12.5 Å². The monoisotopic (exact) mass is 306 g/mol. The van der Waals surface area contributed by atoms with Crippen LogP contribution in [0.3, 0.4) is 0 Å². The molecule has 22 heavy (non-hydrogen) atoms. The fourth-order valence-electron chi connectivity index (χ4n) is 1.88. The van der Waals surface area contributed by atoms with Crippen LogP contribution in [0, 0.1) is 0 Å². The molecular weight excluding hydrogens is 284 g/mol.